The Bertz CT molecular complexity index is 1140. The van der Waals surface area contributed by atoms with Gasteiger partial charge < -0.3 is 4.74 Å². The fourth-order valence-electron chi connectivity index (χ4n) is 2.77. The molecule has 0 bridgehead atoms. The van der Waals surface area contributed by atoms with E-state index < -0.39 is 4.92 Å². The molecule has 0 N–H and O–H groups in total. The van der Waals surface area contributed by atoms with Gasteiger partial charge in [0.25, 0.3) is 5.69 Å². The number of nitro benzene ring substituents is 1. The standard InChI is InChI=1S/C23H16Cl2N2O3/c1-15-5-7-16(8-6-15)14-30-23-21(24)10-17(11-22(23)25)9-19(13-26)18-3-2-4-20(12-18)27(28)29/h2-12H,14H2,1H3/b19-9-. The zero-order valence-electron chi connectivity index (χ0n) is 15.9. The fourth-order valence-corrected chi connectivity index (χ4v) is 3.39. The SMILES string of the molecule is Cc1ccc(COc2c(Cl)cc(/C=C(/C#N)c3cccc([N+](=O)[O-])c3)cc2Cl)cc1. The van der Waals surface area contributed by atoms with Gasteiger partial charge in [0.1, 0.15) is 6.61 Å². The van der Waals surface area contributed by atoms with Crippen LogP contribution >= 0.6 is 23.2 Å². The lowest BCUT2D eigenvalue weighted by molar-refractivity contribution is -0.384. The van der Waals surface area contributed by atoms with Gasteiger partial charge in [-0.2, -0.15) is 5.26 Å². The smallest absolute Gasteiger partial charge is 0.270 e. The molecule has 0 saturated heterocycles. The molecule has 5 nitrogen and oxygen atoms in total. The molecule has 3 aromatic carbocycles. The highest BCUT2D eigenvalue weighted by Crippen LogP contribution is 2.36. The van der Waals surface area contributed by atoms with Crippen molar-refractivity contribution in [1.29, 1.82) is 5.26 Å². The van der Waals surface area contributed by atoms with Gasteiger partial charge in [0.2, 0.25) is 0 Å². The molecule has 0 aromatic heterocycles. The number of hydrogen-bond donors (Lipinski definition) is 0. The van der Waals surface area contributed by atoms with Crippen LogP contribution < -0.4 is 4.74 Å². The Morgan fingerprint density at radius 2 is 1.80 bits per heavy atom. The molecule has 0 amide bonds. The van der Waals surface area contributed by atoms with Crippen LogP contribution in [0, 0.1) is 28.4 Å². The first kappa shape index (κ1) is 21.4. The number of aryl methyl sites for hydroxylation is 1. The molecule has 7 heteroatoms. The second-order valence-electron chi connectivity index (χ2n) is 6.57. The van der Waals surface area contributed by atoms with Crippen LogP contribution in [0.4, 0.5) is 5.69 Å². The third-order valence-electron chi connectivity index (χ3n) is 4.32. The summed E-state index contributed by atoms with van der Waals surface area (Å²) in [5, 5.41) is 21.1. The predicted octanol–water partition coefficient (Wildman–Crippen LogP) is 6.85. The van der Waals surface area contributed by atoms with Gasteiger partial charge in [0.15, 0.2) is 5.75 Å². The molecule has 0 saturated carbocycles. The number of nitrogens with zero attached hydrogens (tertiary/aromatic N) is 2. The van der Waals surface area contributed by atoms with Crippen molar-refractivity contribution >= 4 is 40.5 Å². The molecule has 0 unspecified atom stereocenters. The van der Waals surface area contributed by atoms with Crippen molar-refractivity contribution in [2.45, 2.75) is 13.5 Å². The number of non-ortho nitro benzene ring substituents is 1. The number of rotatable bonds is 6. The molecule has 0 aliphatic heterocycles. The number of ether oxygens (including phenoxy) is 1. The van der Waals surface area contributed by atoms with Crippen LogP contribution in [0.15, 0.2) is 60.7 Å². The lowest BCUT2D eigenvalue weighted by Gasteiger charge is -2.11. The highest BCUT2D eigenvalue weighted by Gasteiger charge is 2.12. The van der Waals surface area contributed by atoms with Crippen molar-refractivity contribution in [1.82, 2.24) is 0 Å². The Hall–Kier alpha value is -3.33. The average molecular weight is 439 g/mol. The third-order valence-corrected chi connectivity index (χ3v) is 4.89. The van der Waals surface area contributed by atoms with Gasteiger partial charge in [-0.3, -0.25) is 10.1 Å². The van der Waals surface area contributed by atoms with Gasteiger partial charge in [0, 0.05) is 12.1 Å². The molecule has 0 radical (unpaired) electrons. The molecule has 0 aliphatic rings. The van der Waals surface area contributed by atoms with E-state index in [9.17, 15) is 15.4 Å². The Morgan fingerprint density at radius 3 is 2.40 bits per heavy atom. The maximum atomic E-state index is 11.0. The van der Waals surface area contributed by atoms with Gasteiger partial charge in [-0.25, -0.2) is 0 Å². The number of nitriles is 1. The van der Waals surface area contributed by atoms with Gasteiger partial charge >= 0.3 is 0 Å². The minimum atomic E-state index is -0.508. The van der Waals surface area contributed by atoms with Crippen molar-refractivity contribution < 1.29 is 9.66 Å². The van der Waals surface area contributed by atoms with E-state index in [1.54, 1.807) is 24.3 Å². The number of benzene rings is 3. The van der Waals surface area contributed by atoms with E-state index in [1.165, 1.54) is 18.2 Å². The van der Waals surface area contributed by atoms with Crippen LogP contribution in [0.1, 0.15) is 22.3 Å². The minimum Gasteiger partial charge on any atom is -0.486 e. The largest absolute Gasteiger partial charge is 0.486 e. The second kappa shape index (κ2) is 9.45. The van der Waals surface area contributed by atoms with Gasteiger partial charge in [0.05, 0.1) is 26.6 Å². The van der Waals surface area contributed by atoms with E-state index in [2.05, 4.69) is 6.07 Å². The Kier molecular flexibility index (Phi) is 6.73. The highest BCUT2D eigenvalue weighted by molar-refractivity contribution is 6.37. The molecule has 0 heterocycles. The summed E-state index contributed by atoms with van der Waals surface area (Å²) in [5.41, 5.74) is 3.30. The Morgan fingerprint density at radius 1 is 1.13 bits per heavy atom. The molecule has 30 heavy (non-hydrogen) atoms. The molecule has 0 atom stereocenters. The summed E-state index contributed by atoms with van der Waals surface area (Å²) in [4.78, 5) is 10.5. The maximum Gasteiger partial charge on any atom is 0.270 e. The highest BCUT2D eigenvalue weighted by atomic mass is 35.5. The van der Waals surface area contributed by atoms with Crippen LogP contribution in [0.25, 0.3) is 11.6 Å². The first-order valence-electron chi connectivity index (χ1n) is 8.91. The summed E-state index contributed by atoms with van der Waals surface area (Å²) in [6, 6.07) is 19.1. The summed E-state index contributed by atoms with van der Waals surface area (Å²) in [6.07, 6.45) is 1.57. The van der Waals surface area contributed by atoms with Crippen LogP contribution in [-0.4, -0.2) is 4.92 Å². The zero-order chi connectivity index (χ0) is 21.7. The van der Waals surface area contributed by atoms with Crippen LogP contribution in [0.3, 0.4) is 0 Å². The molecule has 3 aromatic rings. The monoisotopic (exact) mass is 438 g/mol. The molecule has 0 aliphatic carbocycles. The first-order valence-corrected chi connectivity index (χ1v) is 9.67. The van der Waals surface area contributed by atoms with Crippen molar-refractivity contribution in [3.8, 4) is 11.8 Å². The van der Waals surface area contributed by atoms with Crippen molar-refractivity contribution in [3.63, 3.8) is 0 Å². The van der Waals surface area contributed by atoms with E-state index in [0.29, 0.717) is 33.5 Å². The van der Waals surface area contributed by atoms with Crippen LogP contribution in [0.2, 0.25) is 10.0 Å². The fraction of sp³-hybridized carbons (Fsp3) is 0.0870. The number of allylic oxidation sites excluding steroid dienone is 1. The summed E-state index contributed by atoms with van der Waals surface area (Å²) in [5.74, 6) is 0.352. The lowest BCUT2D eigenvalue weighted by atomic mass is 10.0. The zero-order valence-corrected chi connectivity index (χ0v) is 17.4. The van der Waals surface area contributed by atoms with E-state index in [-0.39, 0.29) is 11.3 Å². The van der Waals surface area contributed by atoms with Gasteiger partial charge in [-0.1, -0.05) is 65.2 Å². The van der Waals surface area contributed by atoms with E-state index in [1.807, 2.05) is 31.2 Å². The predicted molar refractivity (Wildman–Crippen MR) is 119 cm³/mol. The quantitative estimate of drug-likeness (QED) is 0.182. The number of nitro groups is 1. The van der Waals surface area contributed by atoms with Crippen molar-refractivity contribution in [2.24, 2.45) is 0 Å². The summed E-state index contributed by atoms with van der Waals surface area (Å²) in [6.45, 7) is 2.32. The van der Waals surface area contributed by atoms with Gasteiger partial charge in [-0.15, -0.1) is 0 Å². The van der Waals surface area contributed by atoms with Crippen LogP contribution in [0.5, 0.6) is 5.75 Å². The molecule has 3 rings (SSSR count). The normalized spacial score (nSPS) is 11.1. The number of hydrogen-bond acceptors (Lipinski definition) is 4. The topological polar surface area (TPSA) is 76.2 Å². The van der Waals surface area contributed by atoms with E-state index in [4.69, 9.17) is 27.9 Å². The molecular weight excluding hydrogens is 423 g/mol. The van der Waals surface area contributed by atoms with Crippen LogP contribution in [-0.2, 0) is 6.61 Å². The maximum absolute atomic E-state index is 11.0. The second-order valence-corrected chi connectivity index (χ2v) is 7.38. The van der Waals surface area contributed by atoms with E-state index in [0.717, 1.165) is 11.1 Å². The summed E-state index contributed by atoms with van der Waals surface area (Å²) >= 11 is 12.7. The number of halogens is 2. The summed E-state index contributed by atoms with van der Waals surface area (Å²) in [7, 11) is 0. The molecule has 0 fully saturated rings. The Labute approximate surface area is 183 Å². The average Bonchev–Trinajstić information content (AvgIpc) is 2.72. The third kappa shape index (κ3) is 5.18. The summed E-state index contributed by atoms with van der Waals surface area (Å²) < 4.78 is 5.78. The van der Waals surface area contributed by atoms with Crippen molar-refractivity contribution in [2.75, 3.05) is 0 Å². The first-order chi connectivity index (χ1) is 14.4. The molecule has 0 spiro atoms. The van der Waals surface area contributed by atoms with Crippen molar-refractivity contribution in [3.05, 3.63) is 103 Å². The Balaban J connectivity index is 1.86. The minimum absolute atomic E-state index is 0.0930. The van der Waals surface area contributed by atoms with E-state index >= 15 is 0 Å². The lowest BCUT2D eigenvalue weighted by Crippen LogP contribution is -1.97. The molecule has 150 valence electrons. The molecular formula is C23H16Cl2N2O3. The van der Waals surface area contributed by atoms with Gasteiger partial charge in [-0.05, 0) is 41.8 Å².